The first-order valence-electron chi connectivity index (χ1n) is 3.25. The maximum atomic E-state index is 4.28. The molecule has 0 nitrogen and oxygen atoms in total. The number of hydrogen-bond acceptors (Lipinski definition) is 1. The fourth-order valence-electron chi connectivity index (χ4n) is 0.808. The standard InChI is InChI=1S/C9H10S/c1-2-5-8-6-3-4-7-9(8)10/h2-7,10H,1H3/b5-2+. The van der Waals surface area contributed by atoms with Crippen LogP contribution in [0.3, 0.4) is 0 Å². The molecule has 1 aromatic carbocycles. The van der Waals surface area contributed by atoms with Crippen molar-refractivity contribution in [2.75, 3.05) is 0 Å². The fraction of sp³-hybridized carbons (Fsp3) is 0.111. The van der Waals surface area contributed by atoms with Gasteiger partial charge in [-0.15, -0.1) is 12.6 Å². The van der Waals surface area contributed by atoms with E-state index in [0.717, 1.165) is 4.90 Å². The third kappa shape index (κ3) is 1.64. The first-order valence-corrected chi connectivity index (χ1v) is 3.70. The summed E-state index contributed by atoms with van der Waals surface area (Å²) in [5, 5.41) is 0. The lowest BCUT2D eigenvalue weighted by Crippen LogP contribution is -1.72. The molecule has 0 heterocycles. The highest BCUT2D eigenvalue weighted by Gasteiger charge is 1.88. The van der Waals surface area contributed by atoms with Gasteiger partial charge in [0.15, 0.2) is 0 Å². The summed E-state index contributed by atoms with van der Waals surface area (Å²) in [6.45, 7) is 2.00. The minimum atomic E-state index is 1.03. The third-order valence-corrected chi connectivity index (χ3v) is 1.69. The van der Waals surface area contributed by atoms with E-state index < -0.39 is 0 Å². The van der Waals surface area contributed by atoms with Crippen LogP contribution in [0, 0.1) is 0 Å². The molecule has 0 aliphatic heterocycles. The summed E-state index contributed by atoms with van der Waals surface area (Å²) in [5.41, 5.74) is 1.17. The summed E-state index contributed by atoms with van der Waals surface area (Å²) in [6, 6.07) is 8.02. The zero-order valence-electron chi connectivity index (χ0n) is 5.91. The molecule has 0 unspecified atom stereocenters. The normalized spacial score (nSPS) is 10.6. The molecule has 0 aliphatic rings. The Bertz CT molecular complexity index is 238. The highest BCUT2D eigenvalue weighted by Crippen LogP contribution is 2.13. The molecule has 1 rings (SSSR count). The van der Waals surface area contributed by atoms with Gasteiger partial charge in [0.1, 0.15) is 0 Å². The lowest BCUT2D eigenvalue weighted by atomic mass is 10.2. The van der Waals surface area contributed by atoms with Crippen LogP contribution in [-0.4, -0.2) is 0 Å². The molecule has 0 fully saturated rings. The molecule has 1 aromatic rings. The van der Waals surface area contributed by atoms with Crippen LogP contribution in [0.25, 0.3) is 6.08 Å². The molecule has 52 valence electrons. The van der Waals surface area contributed by atoms with Crippen LogP contribution in [0.2, 0.25) is 0 Å². The monoisotopic (exact) mass is 150 g/mol. The quantitative estimate of drug-likeness (QED) is 0.584. The minimum absolute atomic E-state index is 1.03. The van der Waals surface area contributed by atoms with Crippen molar-refractivity contribution >= 4 is 18.7 Å². The Balaban J connectivity index is 3.03. The van der Waals surface area contributed by atoms with Gasteiger partial charge in [-0.3, -0.25) is 0 Å². The van der Waals surface area contributed by atoms with Crippen LogP contribution in [-0.2, 0) is 0 Å². The lowest BCUT2D eigenvalue weighted by molar-refractivity contribution is 1.43. The molecule has 0 saturated carbocycles. The van der Waals surface area contributed by atoms with Crippen LogP contribution < -0.4 is 0 Å². The first-order chi connectivity index (χ1) is 4.84. The Hall–Kier alpha value is -0.690. The number of allylic oxidation sites excluding steroid dienone is 1. The number of rotatable bonds is 1. The molecule has 0 atom stereocenters. The minimum Gasteiger partial charge on any atom is -0.143 e. The van der Waals surface area contributed by atoms with E-state index in [0.29, 0.717) is 0 Å². The van der Waals surface area contributed by atoms with Crippen LogP contribution in [0.5, 0.6) is 0 Å². The number of benzene rings is 1. The van der Waals surface area contributed by atoms with Gasteiger partial charge in [-0.2, -0.15) is 0 Å². The molecule has 0 N–H and O–H groups in total. The predicted octanol–water partition coefficient (Wildman–Crippen LogP) is 3.01. The lowest BCUT2D eigenvalue weighted by Gasteiger charge is -1.95. The number of thiol groups is 1. The van der Waals surface area contributed by atoms with Crippen molar-refractivity contribution in [3.05, 3.63) is 35.9 Å². The predicted molar refractivity (Wildman–Crippen MR) is 48.4 cm³/mol. The van der Waals surface area contributed by atoms with Gasteiger partial charge in [0, 0.05) is 4.90 Å². The van der Waals surface area contributed by atoms with Crippen molar-refractivity contribution < 1.29 is 0 Å². The van der Waals surface area contributed by atoms with Gasteiger partial charge in [0.05, 0.1) is 0 Å². The highest BCUT2D eigenvalue weighted by molar-refractivity contribution is 7.80. The van der Waals surface area contributed by atoms with Gasteiger partial charge in [-0.25, -0.2) is 0 Å². The fourth-order valence-corrected chi connectivity index (χ4v) is 1.04. The maximum Gasteiger partial charge on any atom is 0.0112 e. The van der Waals surface area contributed by atoms with E-state index in [4.69, 9.17) is 0 Å². The van der Waals surface area contributed by atoms with Gasteiger partial charge in [0.2, 0.25) is 0 Å². The molecule has 0 saturated heterocycles. The summed E-state index contributed by atoms with van der Waals surface area (Å²) in [5.74, 6) is 0. The van der Waals surface area contributed by atoms with E-state index in [2.05, 4.69) is 12.6 Å². The summed E-state index contributed by atoms with van der Waals surface area (Å²) in [7, 11) is 0. The maximum absolute atomic E-state index is 4.28. The second kappa shape index (κ2) is 3.47. The summed E-state index contributed by atoms with van der Waals surface area (Å²) in [4.78, 5) is 1.03. The van der Waals surface area contributed by atoms with Gasteiger partial charge in [0.25, 0.3) is 0 Å². The van der Waals surface area contributed by atoms with E-state index in [9.17, 15) is 0 Å². The second-order valence-corrected chi connectivity index (χ2v) is 2.54. The van der Waals surface area contributed by atoms with Crippen LogP contribution >= 0.6 is 12.6 Å². The van der Waals surface area contributed by atoms with Crippen molar-refractivity contribution in [1.82, 2.24) is 0 Å². The highest BCUT2D eigenvalue weighted by atomic mass is 32.1. The van der Waals surface area contributed by atoms with E-state index in [1.807, 2.05) is 43.3 Å². The molecule has 10 heavy (non-hydrogen) atoms. The van der Waals surface area contributed by atoms with Crippen LogP contribution in [0.4, 0.5) is 0 Å². The van der Waals surface area contributed by atoms with Crippen LogP contribution in [0.1, 0.15) is 12.5 Å². The molecule has 0 spiro atoms. The summed E-state index contributed by atoms with van der Waals surface area (Å²) < 4.78 is 0. The van der Waals surface area contributed by atoms with Crippen molar-refractivity contribution in [2.24, 2.45) is 0 Å². The average Bonchev–Trinajstić information content (AvgIpc) is 1.94. The Morgan fingerprint density at radius 2 is 2.00 bits per heavy atom. The Morgan fingerprint density at radius 1 is 1.30 bits per heavy atom. The van der Waals surface area contributed by atoms with E-state index in [-0.39, 0.29) is 0 Å². The Labute approximate surface area is 67.0 Å². The zero-order chi connectivity index (χ0) is 7.40. The molecular weight excluding hydrogens is 140 g/mol. The molecule has 1 heteroatoms. The topological polar surface area (TPSA) is 0 Å². The van der Waals surface area contributed by atoms with E-state index in [1.54, 1.807) is 0 Å². The molecule has 0 aromatic heterocycles. The summed E-state index contributed by atoms with van der Waals surface area (Å²) in [6.07, 6.45) is 4.05. The molecular formula is C9H10S. The first kappa shape index (κ1) is 7.42. The molecule has 0 bridgehead atoms. The van der Waals surface area contributed by atoms with Gasteiger partial charge < -0.3 is 0 Å². The van der Waals surface area contributed by atoms with Gasteiger partial charge >= 0.3 is 0 Å². The second-order valence-electron chi connectivity index (χ2n) is 2.06. The third-order valence-electron chi connectivity index (χ3n) is 1.28. The van der Waals surface area contributed by atoms with Crippen molar-refractivity contribution in [1.29, 1.82) is 0 Å². The van der Waals surface area contributed by atoms with E-state index >= 15 is 0 Å². The SMILES string of the molecule is C/C=C/c1ccccc1S. The average molecular weight is 150 g/mol. The molecule has 0 radical (unpaired) electrons. The van der Waals surface area contributed by atoms with Gasteiger partial charge in [-0.05, 0) is 18.6 Å². The van der Waals surface area contributed by atoms with E-state index in [1.165, 1.54) is 5.56 Å². The van der Waals surface area contributed by atoms with Crippen molar-refractivity contribution in [3.8, 4) is 0 Å². The Kier molecular flexibility index (Phi) is 2.57. The zero-order valence-corrected chi connectivity index (χ0v) is 6.81. The van der Waals surface area contributed by atoms with Crippen molar-refractivity contribution in [3.63, 3.8) is 0 Å². The summed E-state index contributed by atoms with van der Waals surface area (Å²) >= 11 is 4.28. The number of hydrogen-bond donors (Lipinski definition) is 1. The van der Waals surface area contributed by atoms with Crippen LogP contribution in [0.15, 0.2) is 35.2 Å². The largest absolute Gasteiger partial charge is 0.143 e. The Morgan fingerprint density at radius 3 is 2.60 bits per heavy atom. The molecule has 0 aliphatic carbocycles. The smallest absolute Gasteiger partial charge is 0.0112 e. The molecule has 0 amide bonds. The van der Waals surface area contributed by atoms with Gasteiger partial charge in [-0.1, -0.05) is 30.4 Å². The van der Waals surface area contributed by atoms with Crippen molar-refractivity contribution in [2.45, 2.75) is 11.8 Å².